The standard InChI is InChI=1S/C16H24O7/c1-6-19-12(17)8-7-10-14(23-16(4,5)21-10)13(18)11-9-20-15(2,3)22-11/h7-8,10-11,14H,6,9H2,1-5H3/b8-7-/t10-,11+,14-/m0/s1. The molecule has 2 aliphatic heterocycles. The normalized spacial score (nSPS) is 32.3. The largest absolute Gasteiger partial charge is 0.463 e. The van der Waals surface area contributed by atoms with Crippen LogP contribution < -0.4 is 0 Å². The minimum Gasteiger partial charge on any atom is -0.463 e. The highest BCUT2D eigenvalue weighted by Crippen LogP contribution is 2.32. The zero-order valence-corrected chi connectivity index (χ0v) is 14.2. The second-order valence-electron chi connectivity index (χ2n) is 6.35. The number of carbonyl (C=O) groups is 2. The van der Waals surface area contributed by atoms with Gasteiger partial charge in [-0.05, 0) is 40.7 Å². The average molecular weight is 328 g/mol. The summed E-state index contributed by atoms with van der Waals surface area (Å²) >= 11 is 0. The van der Waals surface area contributed by atoms with Crippen LogP contribution in [0.15, 0.2) is 12.2 Å². The third-order valence-corrected chi connectivity index (χ3v) is 3.44. The molecule has 0 N–H and O–H groups in total. The third kappa shape index (κ3) is 4.60. The Morgan fingerprint density at radius 3 is 2.39 bits per heavy atom. The molecule has 0 aromatic rings. The summed E-state index contributed by atoms with van der Waals surface area (Å²) in [6.07, 6.45) is 0.462. The zero-order valence-electron chi connectivity index (χ0n) is 14.2. The van der Waals surface area contributed by atoms with Gasteiger partial charge in [-0.15, -0.1) is 0 Å². The Kier molecular flexibility index (Phi) is 5.25. The van der Waals surface area contributed by atoms with Gasteiger partial charge in [0.2, 0.25) is 0 Å². The first-order valence-electron chi connectivity index (χ1n) is 7.69. The summed E-state index contributed by atoms with van der Waals surface area (Å²) < 4.78 is 27.2. The van der Waals surface area contributed by atoms with Crippen LogP contribution in [0.25, 0.3) is 0 Å². The van der Waals surface area contributed by atoms with Gasteiger partial charge in [0.15, 0.2) is 23.5 Å². The first-order valence-corrected chi connectivity index (χ1v) is 7.69. The van der Waals surface area contributed by atoms with E-state index in [0.717, 1.165) is 0 Å². The highest BCUT2D eigenvalue weighted by molar-refractivity contribution is 5.89. The van der Waals surface area contributed by atoms with E-state index in [4.69, 9.17) is 23.7 Å². The second kappa shape index (κ2) is 6.68. The van der Waals surface area contributed by atoms with E-state index in [1.54, 1.807) is 34.6 Å². The first-order chi connectivity index (χ1) is 10.6. The summed E-state index contributed by atoms with van der Waals surface area (Å²) in [5.74, 6) is -2.49. The smallest absolute Gasteiger partial charge is 0.330 e. The highest BCUT2D eigenvalue weighted by atomic mass is 16.8. The van der Waals surface area contributed by atoms with Crippen LogP contribution in [0.4, 0.5) is 0 Å². The molecule has 23 heavy (non-hydrogen) atoms. The van der Waals surface area contributed by atoms with Crippen molar-refractivity contribution in [3.05, 3.63) is 12.2 Å². The van der Waals surface area contributed by atoms with Crippen LogP contribution in [0.5, 0.6) is 0 Å². The minimum atomic E-state index is -0.932. The van der Waals surface area contributed by atoms with Gasteiger partial charge in [0.05, 0.1) is 13.2 Å². The molecule has 0 radical (unpaired) electrons. The Labute approximate surface area is 135 Å². The van der Waals surface area contributed by atoms with Gasteiger partial charge >= 0.3 is 5.97 Å². The Bertz CT molecular complexity index is 495. The molecule has 2 heterocycles. The summed E-state index contributed by atoms with van der Waals surface area (Å²) in [5.41, 5.74) is 0. The molecule has 2 aliphatic rings. The lowest BCUT2D eigenvalue weighted by Crippen LogP contribution is -2.40. The van der Waals surface area contributed by atoms with Gasteiger partial charge in [0.1, 0.15) is 12.2 Å². The molecule has 2 saturated heterocycles. The number of Topliss-reactive ketones (excluding diaryl/α,β-unsaturated/α-hetero) is 1. The molecule has 7 nitrogen and oxygen atoms in total. The monoisotopic (exact) mass is 328 g/mol. The highest BCUT2D eigenvalue weighted by Gasteiger charge is 2.48. The van der Waals surface area contributed by atoms with Crippen molar-refractivity contribution in [3.63, 3.8) is 0 Å². The fourth-order valence-corrected chi connectivity index (χ4v) is 2.52. The van der Waals surface area contributed by atoms with Crippen molar-refractivity contribution >= 4 is 11.8 Å². The van der Waals surface area contributed by atoms with E-state index >= 15 is 0 Å². The summed E-state index contributed by atoms with van der Waals surface area (Å²) in [6.45, 7) is 9.07. The van der Waals surface area contributed by atoms with Gasteiger partial charge in [-0.2, -0.15) is 0 Å². The molecule has 130 valence electrons. The van der Waals surface area contributed by atoms with E-state index in [1.165, 1.54) is 12.2 Å². The van der Waals surface area contributed by atoms with Crippen LogP contribution in [0, 0.1) is 0 Å². The SMILES string of the molecule is CCOC(=O)/C=C\[C@@H]1OC(C)(C)O[C@@H]1C(=O)[C@H]1COC(C)(C)O1. The lowest BCUT2D eigenvalue weighted by Gasteiger charge is -2.19. The molecule has 2 fully saturated rings. The molecule has 0 aliphatic carbocycles. The molecule has 0 saturated carbocycles. The third-order valence-electron chi connectivity index (χ3n) is 3.44. The molecule has 0 spiro atoms. The van der Waals surface area contributed by atoms with Crippen molar-refractivity contribution in [1.29, 1.82) is 0 Å². The van der Waals surface area contributed by atoms with E-state index in [2.05, 4.69) is 0 Å². The van der Waals surface area contributed by atoms with Crippen molar-refractivity contribution < 1.29 is 33.3 Å². The molecule has 0 amide bonds. The van der Waals surface area contributed by atoms with Gasteiger partial charge in [-0.25, -0.2) is 4.79 Å². The fraction of sp³-hybridized carbons (Fsp3) is 0.750. The number of ketones is 1. The Balaban J connectivity index is 2.08. The first kappa shape index (κ1) is 18.1. The van der Waals surface area contributed by atoms with E-state index in [0.29, 0.717) is 0 Å². The van der Waals surface area contributed by atoms with Crippen molar-refractivity contribution in [2.24, 2.45) is 0 Å². The molecule has 0 aromatic heterocycles. The van der Waals surface area contributed by atoms with Crippen LogP contribution >= 0.6 is 0 Å². The molecular formula is C16H24O7. The lowest BCUT2D eigenvalue weighted by atomic mass is 10.0. The van der Waals surface area contributed by atoms with Gasteiger partial charge in [-0.1, -0.05) is 0 Å². The van der Waals surface area contributed by atoms with Gasteiger partial charge in [0, 0.05) is 6.08 Å². The average Bonchev–Trinajstić information content (AvgIpc) is 2.95. The van der Waals surface area contributed by atoms with Crippen molar-refractivity contribution in [3.8, 4) is 0 Å². The Hall–Kier alpha value is -1.28. The predicted molar refractivity (Wildman–Crippen MR) is 79.5 cm³/mol. The van der Waals surface area contributed by atoms with Crippen LogP contribution in [0.1, 0.15) is 34.6 Å². The van der Waals surface area contributed by atoms with Crippen LogP contribution in [0.3, 0.4) is 0 Å². The maximum Gasteiger partial charge on any atom is 0.330 e. The maximum absolute atomic E-state index is 12.6. The number of ether oxygens (including phenoxy) is 5. The number of rotatable bonds is 5. The van der Waals surface area contributed by atoms with Crippen LogP contribution in [-0.2, 0) is 33.3 Å². The number of carbonyl (C=O) groups excluding carboxylic acids is 2. The summed E-state index contributed by atoms with van der Waals surface area (Å²) in [7, 11) is 0. The summed E-state index contributed by atoms with van der Waals surface area (Å²) in [4.78, 5) is 24.1. The van der Waals surface area contributed by atoms with E-state index in [1.807, 2.05) is 0 Å². The quantitative estimate of drug-likeness (QED) is 0.556. The number of esters is 1. The lowest BCUT2D eigenvalue weighted by molar-refractivity contribution is -0.167. The molecule has 7 heteroatoms. The summed E-state index contributed by atoms with van der Waals surface area (Å²) in [6, 6.07) is 0. The Morgan fingerprint density at radius 1 is 1.13 bits per heavy atom. The maximum atomic E-state index is 12.6. The molecular weight excluding hydrogens is 304 g/mol. The van der Waals surface area contributed by atoms with Gasteiger partial charge in [-0.3, -0.25) is 4.79 Å². The summed E-state index contributed by atoms with van der Waals surface area (Å²) in [5, 5.41) is 0. The van der Waals surface area contributed by atoms with E-state index in [-0.39, 0.29) is 19.0 Å². The van der Waals surface area contributed by atoms with Crippen molar-refractivity contribution in [2.75, 3.05) is 13.2 Å². The Morgan fingerprint density at radius 2 is 1.83 bits per heavy atom. The second-order valence-corrected chi connectivity index (χ2v) is 6.35. The fourth-order valence-electron chi connectivity index (χ4n) is 2.52. The molecule has 2 rings (SSSR count). The van der Waals surface area contributed by atoms with Crippen molar-refractivity contribution in [1.82, 2.24) is 0 Å². The topological polar surface area (TPSA) is 80.3 Å². The van der Waals surface area contributed by atoms with E-state index in [9.17, 15) is 9.59 Å². The van der Waals surface area contributed by atoms with Crippen LogP contribution in [-0.4, -0.2) is 54.9 Å². The number of hydrogen-bond acceptors (Lipinski definition) is 7. The zero-order chi connectivity index (χ0) is 17.3. The predicted octanol–water partition coefficient (Wildman–Crippen LogP) is 1.35. The van der Waals surface area contributed by atoms with Gasteiger partial charge in [0.25, 0.3) is 0 Å². The van der Waals surface area contributed by atoms with Gasteiger partial charge < -0.3 is 23.7 Å². The minimum absolute atomic E-state index is 0.167. The van der Waals surface area contributed by atoms with Crippen molar-refractivity contribution in [2.45, 2.75) is 64.5 Å². The molecule has 0 bridgehead atoms. The molecule has 3 atom stereocenters. The van der Waals surface area contributed by atoms with Crippen LogP contribution in [0.2, 0.25) is 0 Å². The molecule has 0 aromatic carbocycles. The molecule has 0 unspecified atom stereocenters. The number of hydrogen-bond donors (Lipinski definition) is 0. The van der Waals surface area contributed by atoms with E-state index < -0.39 is 35.9 Å².